The molecule has 2 aromatic rings. The summed E-state index contributed by atoms with van der Waals surface area (Å²) in [5.74, 6) is -0.390. The summed E-state index contributed by atoms with van der Waals surface area (Å²) in [6.45, 7) is 5.02. The second kappa shape index (κ2) is 8.13. The minimum atomic E-state index is -0.661. The average molecular weight is 442 g/mol. The molecule has 3 heterocycles. The SMILES string of the molecule is CO[C@]1(CN2CCNCC2)C[C@@H](c2cccc3c2n(C)c(=O)n3C2CCC(=O)NC2=O)C1. The number of imide groups is 1. The lowest BCUT2D eigenvalue weighted by atomic mass is 9.67. The van der Waals surface area contributed by atoms with Gasteiger partial charge in [-0.15, -0.1) is 0 Å². The number of ether oxygens (including phenoxy) is 1. The molecule has 1 aromatic carbocycles. The Hall–Kier alpha value is -2.49. The number of rotatable bonds is 5. The van der Waals surface area contributed by atoms with Crippen LogP contribution in [0.4, 0.5) is 0 Å². The molecule has 2 amide bonds. The lowest BCUT2D eigenvalue weighted by Crippen LogP contribution is -2.56. The Morgan fingerprint density at radius 3 is 2.59 bits per heavy atom. The van der Waals surface area contributed by atoms with E-state index < -0.39 is 11.9 Å². The van der Waals surface area contributed by atoms with Crippen molar-refractivity contribution in [3.63, 3.8) is 0 Å². The van der Waals surface area contributed by atoms with Crippen LogP contribution in [0.2, 0.25) is 0 Å². The van der Waals surface area contributed by atoms with Gasteiger partial charge in [0, 0.05) is 53.3 Å². The minimum absolute atomic E-state index is 0.158. The Labute approximate surface area is 186 Å². The number of para-hydroxylation sites is 1. The van der Waals surface area contributed by atoms with Crippen LogP contribution in [0.15, 0.2) is 23.0 Å². The Kier molecular flexibility index (Phi) is 5.43. The molecule has 0 radical (unpaired) electrons. The van der Waals surface area contributed by atoms with Crippen molar-refractivity contribution in [3.8, 4) is 0 Å². The highest BCUT2D eigenvalue weighted by Crippen LogP contribution is 2.49. The molecule has 5 rings (SSSR count). The van der Waals surface area contributed by atoms with Crippen molar-refractivity contribution in [2.75, 3.05) is 39.8 Å². The van der Waals surface area contributed by atoms with Gasteiger partial charge < -0.3 is 10.1 Å². The molecule has 1 unspecified atom stereocenters. The summed E-state index contributed by atoms with van der Waals surface area (Å²) in [6.07, 6.45) is 2.40. The largest absolute Gasteiger partial charge is 0.377 e. The number of aromatic nitrogens is 2. The fraction of sp³-hybridized carbons (Fsp3) is 0.609. The van der Waals surface area contributed by atoms with Crippen molar-refractivity contribution >= 4 is 22.8 Å². The molecule has 172 valence electrons. The molecular formula is C23H31N5O4. The number of piperidine rings is 1. The van der Waals surface area contributed by atoms with Crippen LogP contribution in [0, 0.1) is 0 Å². The first-order valence-corrected chi connectivity index (χ1v) is 11.4. The number of methoxy groups -OCH3 is 1. The van der Waals surface area contributed by atoms with Crippen LogP contribution in [-0.4, -0.2) is 71.3 Å². The average Bonchev–Trinajstić information content (AvgIpc) is 3.02. The van der Waals surface area contributed by atoms with E-state index in [0.717, 1.165) is 62.2 Å². The molecule has 2 saturated heterocycles. The molecule has 3 fully saturated rings. The summed E-state index contributed by atoms with van der Waals surface area (Å²) < 4.78 is 9.21. The zero-order chi connectivity index (χ0) is 22.5. The molecule has 1 aliphatic carbocycles. The summed E-state index contributed by atoms with van der Waals surface area (Å²) in [7, 11) is 3.56. The number of carbonyl (C=O) groups excluding carboxylic acids is 2. The normalized spacial score (nSPS) is 29.2. The third kappa shape index (κ3) is 3.48. The second-order valence-electron chi connectivity index (χ2n) is 9.41. The molecule has 0 spiro atoms. The van der Waals surface area contributed by atoms with E-state index in [0.29, 0.717) is 12.3 Å². The van der Waals surface area contributed by atoms with Crippen molar-refractivity contribution in [1.29, 1.82) is 0 Å². The molecule has 32 heavy (non-hydrogen) atoms. The topological polar surface area (TPSA) is 97.6 Å². The molecule has 1 atom stereocenters. The van der Waals surface area contributed by atoms with Crippen molar-refractivity contribution in [2.24, 2.45) is 7.05 Å². The van der Waals surface area contributed by atoms with Crippen molar-refractivity contribution in [1.82, 2.24) is 24.7 Å². The van der Waals surface area contributed by atoms with Gasteiger partial charge in [0.05, 0.1) is 16.6 Å². The quantitative estimate of drug-likeness (QED) is 0.656. The lowest BCUT2D eigenvalue weighted by Gasteiger charge is -2.49. The fourth-order valence-corrected chi connectivity index (χ4v) is 5.72. The third-order valence-corrected chi connectivity index (χ3v) is 7.49. The van der Waals surface area contributed by atoms with Crippen LogP contribution in [0.25, 0.3) is 11.0 Å². The molecular weight excluding hydrogens is 410 g/mol. The number of carbonyl (C=O) groups is 2. The monoisotopic (exact) mass is 441 g/mol. The van der Waals surface area contributed by atoms with Gasteiger partial charge in [-0.05, 0) is 36.8 Å². The van der Waals surface area contributed by atoms with Gasteiger partial charge in [0.15, 0.2) is 0 Å². The highest BCUT2D eigenvalue weighted by atomic mass is 16.5. The summed E-state index contributed by atoms with van der Waals surface area (Å²) >= 11 is 0. The van der Waals surface area contributed by atoms with E-state index in [1.54, 1.807) is 23.3 Å². The molecule has 1 saturated carbocycles. The zero-order valence-corrected chi connectivity index (χ0v) is 18.7. The number of hydrogen-bond acceptors (Lipinski definition) is 6. The molecule has 1 aromatic heterocycles. The number of imidazole rings is 1. The molecule has 9 heteroatoms. The van der Waals surface area contributed by atoms with Gasteiger partial charge in [0.1, 0.15) is 6.04 Å². The fourth-order valence-electron chi connectivity index (χ4n) is 5.72. The lowest BCUT2D eigenvalue weighted by molar-refractivity contribution is -0.135. The van der Waals surface area contributed by atoms with Crippen LogP contribution >= 0.6 is 0 Å². The van der Waals surface area contributed by atoms with Crippen LogP contribution in [-0.2, 0) is 21.4 Å². The zero-order valence-electron chi connectivity index (χ0n) is 18.7. The Balaban J connectivity index is 1.44. The van der Waals surface area contributed by atoms with Crippen molar-refractivity contribution in [3.05, 3.63) is 34.2 Å². The van der Waals surface area contributed by atoms with E-state index in [9.17, 15) is 14.4 Å². The Morgan fingerprint density at radius 2 is 1.91 bits per heavy atom. The maximum absolute atomic E-state index is 13.2. The number of amides is 2. The summed E-state index contributed by atoms with van der Waals surface area (Å²) in [4.78, 5) is 39.7. The number of aryl methyl sites for hydroxylation is 1. The van der Waals surface area contributed by atoms with Crippen molar-refractivity contribution < 1.29 is 14.3 Å². The van der Waals surface area contributed by atoms with E-state index in [4.69, 9.17) is 4.74 Å². The van der Waals surface area contributed by atoms with Gasteiger partial charge in [0.2, 0.25) is 11.8 Å². The number of piperazine rings is 1. The molecule has 0 bridgehead atoms. The highest BCUT2D eigenvalue weighted by Gasteiger charge is 2.47. The van der Waals surface area contributed by atoms with Crippen LogP contribution in [0.5, 0.6) is 0 Å². The van der Waals surface area contributed by atoms with Crippen LogP contribution in [0.1, 0.15) is 43.2 Å². The highest BCUT2D eigenvalue weighted by molar-refractivity contribution is 6.00. The van der Waals surface area contributed by atoms with Gasteiger partial charge in [-0.25, -0.2) is 4.79 Å². The molecule has 3 aliphatic rings. The van der Waals surface area contributed by atoms with E-state index >= 15 is 0 Å². The van der Waals surface area contributed by atoms with Gasteiger partial charge >= 0.3 is 5.69 Å². The number of fused-ring (bicyclic) bond motifs is 1. The summed E-state index contributed by atoms with van der Waals surface area (Å²) in [5, 5.41) is 5.76. The predicted molar refractivity (Wildman–Crippen MR) is 120 cm³/mol. The molecule has 2 aliphatic heterocycles. The third-order valence-electron chi connectivity index (χ3n) is 7.49. The van der Waals surface area contributed by atoms with Gasteiger partial charge in [-0.2, -0.15) is 0 Å². The van der Waals surface area contributed by atoms with Crippen LogP contribution < -0.4 is 16.3 Å². The van der Waals surface area contributed by atoms with Crippen molar-refractivity contribution in [2.45, 2.75) is 43.2 Å². The van der Waals surface area contributed by atoms with Gasteiger partial charge in [-0.1, -0.05) is 12.1 Å². The van der Waals surface area contributed by atoms with E-state index in [1.807, 2.05) is 12.1 Å². The standard InChI is InChI=1S/C23H31N5O4/c1-26-20-16(15-12-23(13-15,32-2)14-27-10-8-24-9-11-27)4-3-5-17(20)28(22(26)31)18-6-7-19(29)25-21(18)30/h3-5,15,18,24H,6-14H2,1-2H3,(H,25,29,30)/t15-,18?,23-. The number of nitrogens with zero attached hydrogens (tertiary/aromatic N) is 3. The number of hydrogen-bond donors (Lipinski definition) is 2. The van der Waals surface area contributed by atoms with E-state index in [1.165, 1.54) is 0 Å². The van der Waals surface area contributed by atoms with Gasteiger partial charge in [0.25, 0.3) is 0 Å². The van der Waals surface area contributed by atoms with Crippen LogP contribution in [0.3, 0.4) is 0 Å². The maximum atomic E-state index is 13.2. The number of benzene rings is 1. The van der Waals surface area contributed by atoms with E-state index in [-0.39, 0.29) is 23.6 Å². The maximum Gasteiger partial charge on any atom is 0.329 e. The second-order valence-corrected chi connectivity index (χ2v) is 9.41. The summed E-state index contributed by atoms with van der Waals surface area (Å²) in [6, 6.07) is 5.28. The Bertz CT molecular complexity index is 1110. The molecule has 9 nitrogen and oxygen atoms in total. The Morgan fingerprint density at radius 1 is 1.16 bits per heavy atom. The first-order valence-electron chi connectivity index (χ1n) is 11.4. The smallest absolute Gasteiger partial charge is 0.329 e. The first-order chi connectivity index (χ1) is 15.4. The predicted octanol–water partition coefficient (Wildman–Crippen LogP) is 0.486. The minimum Gasteiger partial charge on any atom is -0.377 e. The summed E-state index contributed by atoms with van der Waals surface area (Å²) in [5.41, 5.74) is 2.37. The number of nitrogens with one attached hydrogen (secondary N) is 2. The first kappa shape index (κ1) is 21.4. The molecule has 2 N–H and O–H groups in total. The van der Waals surface area contributed by atoms with Gasteiger partial charge in [-0.3, -0.25) is 28.9 Å². The van der Waals surface area contributed by atoms with E-state index in [2.05, 4.69) is 21.6 Å².